The van der Waals surface area contributed by atoms with Gasteiger partial charge in [0.05, 0.1) is 30.7 Å². The molecule has 42 heavy (non-hydrogen) atoms. The number of ether oxygens (including phenoxy) is 1. The van der Waals surface area contributed by atoms with E-state index in [0.29, 0.717) is 34.1 Å². The van der Waals surface area contributed by atoms with Gasteiger partial charge >= 0.3 is 6.09 Å². The van der Waals surface area contributed by atoms with Crippen LogP contribution in [0.15, 0.2) is 97.5 Å². The Hall–Kier alpha value is -5.42. The van der Waals surface area contributed by atoms with Gasteiger partial charge in [0.1, 0.15) is 6.33 Å². The first kappa shape index (κ1) is 28.1. The molecule has 2 N–H and O–H groups in total. The molecule has 0 fully saturated rings. The molecule has 1 unspecified atom stereocenters. The van der Waals surface area contributed by atoms with E-state index in [0.717, 1.165) is 16.7 Å². The Bertz CT molecular complexity index is 1690. The van der Waals surface area contributed by atoms with Crippen molar-refractivity contribution in [2.24, 2.45) is 0 Å². The molecular weight excluding hydrogens is 556 g/mol. The first-order valence-electron chi connectivity index (χ1n) is 12.8. The molecule has 2 amide bonds. The molecular formula is C30H25ClN8O3. The first-order chi connectivity index (χ1) is 20.5. The number of hydrogen-bond donors (Lipinski definition) is 2. The molecule has 1 atom stereocenters. The highest BCUT2D eigenvalue weighted by molar-refractivity contribution is 6.30. The normalized spacial score (nSPS) is 11.7. The molecule has 0 radical (unpaired) electrons. The highest BCUT2D eigenvalue weighted by atomic mass is 35.5. The molecule has 2 heterocycles. The van der Waals surface area contributed by atoms with E-state index in [2.05, 4.69) is 41.1 Å². The monoisotopic (exact) mass is 580 g/mol. The summed E-state index contributed by atoms with van der Waals surface area (Å²) in [6.45, 7) is 0. The van der Waals surface area contributed by atoms with Gasteiger partial charge < -0.3 is 10.1 Å². The summed E-state index contributed by atoms with van der Waals surface area (Å²) in [4.78, 5) is 24.7. The highest BCUT2D eigenvalue weighted by Gasteiger charge is 2.17. The SMILES string of the molecule is COC(=O)Nc1ccc(-c2cc(C(Cc3ccccc3)NC(=O)/C=C/c3cc(Cl)ccc3-n3cnnn3)cnn2)cc1. The molecule has 5 aromatic rings. The van der Waals surface area contributed by atoms with E-state index >= 15 is 0 Å². The van der Waals surface area contributed by atoms with Gasteiger partial charge in [-0.25, -0.2) is 4.79 Å². The second kappa shape index (κ2) is 13.3. The fourth-order valence-electron chi connectivity index (χ4n) is 4.23. The van der Waals surface area contributed by atoms with E-state index in [1.54, 1.807) is 42.6 Å². The zero-order chi connectivity index (χ0) is 29.3. The minimum absolute atomic E-state index is 0.310. The average Bonchev–Trinajstić information content (AvgIpc) is 3.56. The number of tetrazole rings is 1. The third-order valence-corrected chi connectivity index (χ3v) is 6.52. The van der Waals surface area contributed by atoms with E-state index in [4.69, 9.17) is 11.6 Å². The highest BCUT2D eigenvalue weighted by Crippen LogP contribution is 2.25. The van der Waals surface area contributed by atoms with Crippen molar-refractivity contribution in [2.45, 2.75) is 12.5 Å². The van der Waals surface area contributed by atoms with E-state index in [9.17, 15) is 9.59 Å². The van der Waals surface area contributed by atoms with Crippen molar-refractivity contribution in [2.75, 3.05) is 12.4 Å². The van der Waals surface area contributed by atoms with Gasteiger partial charge in [-0.05, 0) is 70.4 Å². The lowest BCUT2D eigenvalue weighted by molar-refractivity contribution is -0.117. The topological polar surface area (TPSA) is 137 Å². The van der Waals surface area contributed by atoms with Gasteiger partial charge in [0.2, 0.25) is 5.91 Å². The molecule has 0 saturated carbocycles. The van der Waals surface area contributed by atoms with Crippen LogP contribution in [0.2, 0.25) is 5.02 Å². The van der Waals surface area contributed by atoms with Crippen molar-refractivity contribution in [1.29, 1.82) is 0 Å². The van der Waals surface area contributed by atoms with Crippen molar-refractivity contribution < 1.29 is 14.3 Å². The number of rotatable bonds is 9. The van der Waals surface area contributed by atoms with Gasteiger partial charge in [-0.3, -0.25) is 10.1 Å². The zero-order valence-electron chi connectivity index (χ0n) is 22.4. The lowest BCUT2D eigenvalue weighted by Gasteiger charge is -2.19. The number of nitrogens with zero attached hydrogens (tertiary/aromatic N) is 6. The van der Waals surface area contributed by atoms with Crippen LogP contribution in [0.3, 0.4) is 0 Å². The van der Waals surface area contributed by atoms with Crippen LogP contribution in [0.5, 0.6) is 0 Å². The number of carbonyl (C=O) groups is 2. The predicted molar refractivity (Wildman–Crippen MR) is 158 cm³/mol. The predicted octanol–water partition coefficient (Wildman–Crippen LogP) is 5.06. The van der Waals surface area contributed by atoms with Crippen LogP contribution in [0.4, 0.5) is 10.5 Å². The molecule has 0 spiro atoms. The van der Waals surface area contributed by atoms with E-state index in [-0.39, 0.29) is 5.91 Å². The lowest BCUT2D eigenvalue weighted by Crippen LogP contribution is -2.28. The first-order valence-corrected chi connectivity index (χ1v) is 13.2. The summed E-state index contributed by atoms with van der Waals surface area (Å²) >= 11 is 6.22. The van der Waals surface area contributed by atoms with E-state index < -0.39 is 12.1 Å². The van der Waals surface area contributed by atoms with Gasteiger partial charge in [-0.2, -0.15) is 14.9 Å². The minimum atomic E-state index is -0.555. The maximum atomic E-state index is 13.2. The number of benzene rings is 3. The Balaban J connectivity index is 1.39. The summed E-state index contributed by atoms with van der Waals surface area (Å²) in [6.07, 6.45) is 6.19. The molecule has 0 saturated heterocycles. The van der Waals surface area contributed by atoms with Crippen molar-refractivity contribution in [3.8, 4) is 16.9 Å². The minimum Gasteiger partial charge on any atom is -0.453 e. The number of aromatic nitrogens is 6. The quantitative estimate of drug-likeness (QED) is 0.231. The average molecular weight is 581 g/mol. The third-order valence-electron chi connectivity index (χ3n) is 6.29. The van der Waals surface area contributed by atoms with Crippen LogP contribution in [0.25, 0.3) is 23.0 Å². The van der Waals surface area contributed by atoms with Crippen molar-refractivity contribution in [3.63, 3.8) is 0 Å². The third kappa shape index (κ3) is 7.20. The summed E-state index contributed by atoms with van der Waals surface area (Å²) in [5.41, 5.74) is 5.15. The molecule has 5 rings (SSSR count). The Morgan fingerprint density at radius 1 is 1.02 bits per heavy atom. The van der Waals surface area contributed by atoms with E-state index in [1.807, 2.05) is 48.5 Å². The van der Waals surface area contributed by atoms with Gasteiger partial charge in [0.15, 0.2) is 0 Å². The van der Waals surface area contributed by atoms with Gasteiger partial charge in [-0.1, -0.05) is 54.1 Å². The van der Waals surface area contributed by atoms with Crippen LogP contribution in [0, 0.1) is 0 Å². The second-order valence-corrected chi connectivity index (χ2v) is 9.55. The van der Waals surface area contributed by atoms with Crippen LogP contribution in [-0.4, -0.2) is 49.5 Å². The maximum absolute atomic E-state index is 13.2. The number of methoxy groups -OCH3 is 1. The summed E-state index contributed by atoms with van der Waals surface area (Å²) < 4.78 is 6.13. The zero-order valence-corrected chi connectivity index (χ0v) is 23.1. The fourth-order valence-corrected chi connectivity index (χ4v) is 4.41. The Labute approximate surface area is 246 Å². The molecule has 0 aliphatic rings. The lowest BCUT2D eigenvalue weighted by atomic mass is 9.98. The summed E-state index contributed by atoms with van der Waals surface area (Å²) in [7, 11) is 1.30. The van der Waals surface area contributed by atoms with Crippen LogP contribution < -0.4 is 10.6 Å². The summed E-state index contributed by atoms with van der Waals surface area (Å²) in [5, 5.41) is 26.0. The van der Waals surface area contributed by atoms with Crippen LogP contribution in [0.1, 0.15) is 22.7 Å². The van der Waals surface area contributed by atoms with Crippen molar-refractivity contribution in [3.05, 3.63) is 119 Å². The van der Waals surface area contributed by atoms with E-state index in [1.165, 1.54) is 24.2 Å². The van der Waals surface area contributed by atoms with Crippen molar-refractivity contribution in [1.82, 2.24) is 35.7 Å². The molecule has 11 nitrogen and oxygen atoms in total. The Kier molecular flexibility index (Phi) is 8.90. The van der Waals surface area contributed by atoms with Crippen LogP contribution in [-0.2, 0) is 16.0 Å². The number of nitrogens with one attached hydrogen (secondary N) is 2. The number of hydrogen-bond acceptors (Lipinski definition) is 8. The van der Waals surface area contributed by atoms with Gasteiger partial charge in [-0.15, -0.1) is 5.10 Å². The Morgan fingerprint density at radius 3 is 2.57 bits per heavy atom. The standard InChI is InChI=1S/C30H25ClN8O3/c1-42-30(41)34-25-11-7-21(8-12-25)27-17-23(18-32-36-27)26(15-20-5-3-2-4-6-20)35-29(40)14-9-22-16-24(31)10-13-28(22)39-19-33-37-38-39/h2-14,16-19,26H,15H2,1H3,(H,34,41)(H,35,40)/b14-9+. The molecule has 2 aromatic heterocycles. The maximum Gasteiger partial charge on any atom is 0.411 e. The molecule has 210 valence electrons. The molecule has 0 aliphatic carbocycles. The fraction of sp³-hybridized carbons (Fsp3) is 0.100. The largest absolute Gasteiger partial charge is 0.453 e. The van der Waals surface area contributed by atoms with Crippen molar-refractivity contribution >= 4 is 35.4 Å². The number of anilines is 1. The summed E-state index contributed by atoms with van der Waals surface area (Å²) in [5.74, 6) is -0.310. The second-order valence-electron chi connectivity index (χ2n) is 9.11. The molecule has 0 bridgehead atoms. The molecule has 3 aromatic carbocycles. The number of halogens is 1. The Morgan fingerprint density at radius 2 is 1.83 bits per heavy atom. The smallest absolute Gasteiger partial charge is 0.411 e. The summed E-state index contributed by atoms with van der Waals surface area (Å²) in [6, 6.07) is 23.7. The van der Waals surface area contributed by atoms with Gasteiger partial charge in [0, 0.05) is 27.9 Å². The molecule has 12 heteroatoms. The number of carbonyl (C=O) groups excluding carboxylic acids is 2. The number of amides is 2. The van der Waals surface area contributed by atoms with Gasteiger partial charge in [0.25, 0.3) is 0 Å². The van der Waals surface area contributed by atoms with Crippen LogP contribution >= 0.6 is 11.6 Å². The molecule has 0 aliphatic heterocycles.